The predicted octanol–water partition coefficient (Wildman–Crippen LogP) is 6.93. The molecule has 4 amide bonds. The van der Waals surface area contributed by atoms with Crippen LogP contribution in [0.15, 0.2) is 73.3 Å². The fourth-order valence-electron chi connectivity index (χ4n) is 9.69. The number of Topliss-reactive ketones (excluding diaryl/α,β-unsaturated/α-hetero) is 2. The summed E-state index contributed by atoms with van der Waals surface area (Å²) in [6, 6.07) is 12.1. The Balaban J connectivity index is 0.000000266. The molecule has 446 valence electrons. The van der Waals surface area contributed by atoms with Crippen molar-refractivity contribution in [2.45, 2.75) is 160 Å². The normalized spacial score (nSPS) is 21.5. The van der Waals surface area contributed by atoms with Crippen LogP contribution in [0.3, 0.4) is 0 Å². The van der Waals surface area contributed by atoms with Crippen molar-refractivity contribution >= 4 is 81.9 Å². The van der Waals surface area contributed by atoms with Gasteiger partial charge in [-0.25, -0.2) is 10.9 Å². The number of esters is 2. The number of carbonyl (C=O) groups excluding carboxylic acids is 8. The lowest BCUT2D eigenvalue weighted by atomic mass is 9.89. The van der Waals surface area contributed by atoms with E-state index in [1.54, 1.807) is 42.5 Å². The summed E-state index contributed by atoms with van der Waals surface area (Å²) in [5, 5.41) is 26.8. The number of nitrogens with zero attached hydrogens (tertiary/aromatic N) is 6. The highest BCUT2D eigenvalue weighted by Crippen LogP contribution is 2.29. The number of fused-ring (bicyclic) bond motifs is 7. The third-order valence-electron chi connectivity index (χ3n) is 14.7. The zero-order chi connectivity index (χ0) is 60.0. The highest BCUT2D eigenvalue weighted by Gasteiger charge is 2.36. The lowest BCUT2D eigenvalue weighted by Crippen LogP contribution is -2.59. The van der Waals surface area contributed by atoms with Gasteiger partial charge in [-0.05, 0) is 99.6 Å². The van der Waals surface area contributed by atoms with E-state index >= 15 is 0 Å². The lowest BCUT2D eigenvalue weighted by Gasteiger charge is -2.35. The number of aromatic nitrogens is 4. The zero-order valence-electron chi connectivity index (χ0n) is 47.7. The molecule has 2 fully saturated rings. The summed E-state index contributed by atoms with van der Waals surface area (Å²) in [6.07, 6.45) is 8.76. The number of hydrogen-bond donors (Lipinski definition) is 5. The summed E-state index contributed by atoms with van der Waals surface area (Å²) in [6.45, 7) is 15.2. The molecule has 2 aromatic carbocycles. The number of nitrogens with one attached hydrogen (secondary N) is 4. The van der Waals surface area contributed by atoms with Gasteiger partial charge in [0.05, 0.1) is 18.5 Å². The molecule has 0 aliphatic carbocycles. The first kappa shape index (κ1) is 64.9. The fourth-order valence-corrected chi connectivity index (χ4v) is 9.86. The van der Waals surface area contributed by atoms with Crippen LogP contribution >= 0.6 is 34.8 Å². The summed E-state index contributed by atoms with van der Waals surface area (Å²) >= 11 is 16.9. The number of aliphatic hydroxyl groups excluding tert-OH is 1. The molecule has 8 atom stereocenters. The number of ketones is 2. The molecule has 2 saturated heterocycles. The molecule has 3 aliphatic heterocycles. The third-order valence-corrected chi connectivity index (χ3v) is 15.0. The number of hydrogen-bond acceptors (Lipinski definition) is 15. The Morgan fingerprint density at radius 3 is 2.23 bits per heavy atom. The second-order valence-corrected chi connectivity index (χ2v) is 24.5. The Labute approximate surface area is 493 Å². The Morgan fingerprint density at radius 2 is 1.54 bits per heavy atom. The molecule has 0 spiro atoms. The smallest absolute Gasteiger partial charge is 0.325 e. The van der Waals surface area contributed by atoms with Gasteiger partial charge >= 0.3 is 11.9 Å². The number of carbonyl (C=O) groups is 8. The Kier molecular flexibility index (Phi) is 23.6. The van der Waals surface area contributed by atoms with Crippen LogP contribution < -0.4 is 21.5 Å². The van der Waals surface area contributed by atoms with Gasteiger partial charge in [-0.15, -0.1) is 0 Å². The largest absolute Gasteiger partial charge is 0.460 e. The Hall–Kier alpha value is -6.23. The number of ether oxygens (including phenoxy) is 2. The average Bonchev–Trinajstić information content (AvgIpc) is 4.32. The maximum atomic E-state index is 13.2. The number of aryl methyl sites for hydroxylation is 2. The predicted molar refractivity (Wildman–Crippen MR) is 308 cm³/mol. The first-order valence-electron chi connectivity index (χ1n) is 27.9. The maximum absolute atomic E-state index is 13.2. The zero-order valence-corrected chi connectivity index (χ0v) is 50.0. The number of rotatable bonds is 14. The van der Waals surface area contributed by atoms with Gasteiger partial charge in [-0.1, -0.05) is 98.9 Å². The molecule has 0 unspecified atom stereocenters. The van der Waals surface area contributed by atoms with Crippen molar-refractivity contribution in [3.8, 4) is 22.3 Å². The monoisotopic (exact) mass is 1190 g/mol. The fraction of sp³-hybridized carbons (Fsp3) is 0.552. The number of cyclic esters (lactones) is 1. The van der Waals surface area contributed by atoms with Crippen molar-refractivity contribution < 1.29 is 52.9 Å². The summed E-state index contributed by atoms with van der Waals surface area (Å²) in [7, 11) is 0. The van der Waals surface area contributed by atoms with E-state index in [4.69, 9.17) is 44.3 Å². The standard InChI is InChI=1S/C30H40Cl3N5O6.C28H37N5O5/c1-18(2)25(14-24(40)10-12-37-16-23(15-34-37)22-8-5-7-21(13-22)20(4)39)27(41)35-19(3)28(42)38-11-6-9-26(36-38)29(43)44-17-30(31,32)33;1-17(2)24-14-23(34)10-12-32-16-22(15-29-32)21-8-5-7-20(13-21)19(4)38-28(37)25-9-6-11-33(31-25)27(36)18(3)30-26(24)35/h5,7-8,13,15-16,18-20,25-26,36,39H,6,9-12,14,17H2,1-4H3,(H,35,41);5,7-8,13,15-19,24-25,31H,6,9-12,14H2,1-4H3,(H,30,35)/t19-,20+,25-,26-;18-,19+,24-,25-/m00/s1. The van der Waals surface area contributed by atoms with E-state index in [0.717, 1.165) is 33.4 Å². The SMILES string of the molecule is CC(C)[C@@H]1CC(=O)CCn2cc(cn2)-c2cccc(c2)[C@@H](C)OC(=O)[C@@H]2CCCN(N2)C(=O)[C@H](C)NC1=O.CC(C)[C@H](CC(=O)CCn1cc(-c2cccc([C@@H](C)O)c2)cn1)C(=O)N[C@@H](C)C(=O)N1CCC[C@@H](C(=O)OCC(Cl)(Cl)Cl)N1. The Morgan fingerprint density at radius 1 is 0.854 bits per heavy atom. The van der Waals surface area contributed by atoms with Crippen molar-refractivity contribution in [3.05, 3.63) is 84.4 Å². The highest BCUT2D eigenvalue weighted by atomic mass is 35.6. The quantitative estimate of drug-likeness (QED) is 0.0633. The van der Waals surface area contributed by atoms with Crippen molar-refractivity contribution in [2.24, 2.45) is 23.7 Å². The van der Waals surface area contributed by atoms with Gasteiger partial charge < -0.3 is 25.2 Å². The molecular formula is C58H77Cl3N10O11. The summed E-state index contributed by atoms with van der Waals surface area (Å²) < 4.78 is 12.5. The van der Waals surface area contributed by atoms with E-state index in [9.17, 15) is 43.5 Å². The van der Waals surface area contributed by atoms with Gasteiger partial charge in [0.1, 0.15) is 48.4 Å². The summed E-state index contributed by atoms with van der Waals surface area (Å²) in [4.78, 5) is 104. The van der Waals surface area contributed by atoms with Gasteiger partial charge in [0.2, 0.25) is 15.6 Å². The molecule has 24 heteroatoms. The molecule has 21 nitrogen and oxygen atoms in total. The van der Waals surface area contributed by atoms with Crippen LogP contribution in [-0.4, -0.2) is 129 Å². The van der Waals surface area contributed by atoms with Crippen molar-refractivity contribution in [1.82, 2.24) is 51.1 Å². The number of aliphatic hydroxyl groups is 1. The van der Waals surface area contributed by atoms with Crippen LogP contribution in [-0.2, 0) is 60.9 Å². The molecule has 6 bridgehead atoms. The molecular weight excluding hydrogens is 1120 g/mol. The average molecular weight is 1200 g/mol. The summed E-state index contributed by atoms with van der Waals surface area (Å²) in [5.74, 6) is -4.14. The van der Waals surface area contributed by atoms with Crippen molar-refractivity contribution in [2.75, 3.05) is 19.7 Å². The van der Waals surface area contributed by atoms with Crippen LogP contribution in [0.1, 0.15) is 130 Å². The lowest BCUT2D eigenvalue weighted by molar-refractivity contribution is -0.157. The first-order valence-corrected chi connectivity index (χ1v) is 29.1. The van der Waals surface area contributed by atoms with Gasteiger partial charge in [0, 0.05) is 87.2 Å². The molecule has 0 saturated carbocycles. The number of amides is 4. The van der Waals surface area contributed by atoms with Gasteiger partial charge in [0.15, 0.2) is 0 Å². The number of hydrazine groups is 2. The number of alkyl halides is 3. The van der Waals surface area contributed by atoms with E-state index in [1.165, 1.54) is 10.0 Å². The molecule has 5 N–H and O–H groups in total. The number of benzene rings is 2. The van der Waals surface area contributed by atoms with Crippen LogP contribution in [0, 0.1) is 23.7 Å². The minimum atomic E-state index is -1.75. The molecule has 7 rings (SSSR count). The maximum Gasteiger partial charge on any atom is 0.325 e. The minimum absolute atomic E-state index is 0.0219. The topological polar surface area (TPSA) is 265 Å². The molecule has 82 heavy (non-hydrogen) atoms. The minimum Gasteiger partial charge on any atom is -0.460 e. The van der Waals surface area contributed by atoms with Crippen molar-refractivity contribution in [3.63, 3.8) is 0 Å². The molecule has 5 heterocycles. The van der Waals surface area contributed by atoms with Crippen LogP contribution in [0.4, 0.5) is 0 Å². The molecule has 0 radical (unpaired) electrons. The molecule has 2 aromatic heterocycles. The van der Waals surface area contributed by atoms with E-state index in [2.05, 4.69) is 31.7 Å². The third kappa shape index (κ3) is 18.9. The highest BCUT2D eigenvalue weighted by molar-refractivity contribution is 6.67. The van der Waals surface area contributed by atoms with E-state index in [-0.39, 0.29) is 60.9 Å². The van der Waals surface area contributed by atoms with Crippen LogP contribution in [0.2, 0.25) is 0 Å². The second kappa shape index (κ2) is 29.8. The first-order chi connectivity index (χ1) is 38.8. The van der Waals surface area contributed by atoms with Crippen LogP contribution in [0.5, 0.6) is 0 Å². The van der Waals surface area contributed by atoms with E-state index in [1.807, 2.05) is 95.5 Å². The van der Waals surface area contributed by atoms with Crippen molar-refractivity contribution in [1.29, 1.82) is 0 Å². The Bertz CT molecular complexity index is 2890. The molecule has 3 aliphatic rings. The van der Waals surface area contributed by atoms with E-state index in [0.29, 0.717) is 51.9 Å². The van der Waals surface area contributed by atoms with Gasteiger partial charge in [-0.3, -0.25) is 57.7 Å². The van der Waals surface area contributed by atoms with Crippen LogP contribution in [0.25, 0.3) is 22.3 Å². The second-order valence-electron chi connectivity index (χ2n) is 22.0. The van der Waals surface area contributed by atoms with E-state index < -0.39 is 82.4 Å². The number of halogens is 3. The molecule has 4 aromatic rings. The van der Waals surface area contributed by atoms with Gasteiger partial charge in [-0.2, -0.15) is 10.2 Å². The van der Waals surface area contributed by atoms with Gasteiger partial charge in [0.25, 0.3) is 11.8 Å². The summed E-state index contributed by atoms with van der Waals surface area (Å²) in [5.41, 5.74) is 11.1.